The van der Waals surface area contributed by atoms with Crippen molar-refractivity contribution in [3.05, 3.63) is 77.1 Å². The third-order valence-electron chi connectivity index (χ3n) is 4.28. The van der Waals surface area contributed by atoms with E-state index >= 15 is 0 Å². The Hall–Kier alpha value is -3.08. The lowest BCUT2D eigenvalue weighted by Crippen LogP contribution is -2.10. The van der Waals surface area contributed by atoms with Crippen LogP contribution in [0.5, 0.6) is 5.75 Å². The Morgan fingerprint density at radius 3 is 2.38 bits per heavy atom. The van der Waals surface area contributed by atoms with Gasteiger partial charge in [-0.25, -0.2) is 9.48 Å². The summed E-state index contributed by atoms with van der Waals surface area (Å²) >= 11 is 0. The number of carbonyl (C=O) groups excluding carboxylic acids is 1. The van der Waals surface area contributed by atoms with E-state index in [0.29, 0.717) is 24.3 Å². The van der Waals surface area contributed by atoms with E-state index < -0.39 is 0 Å². The van der Waals surface area contributed by atoms with Crippen LogP contribution in [0.25, 0.3) is 5.69 Å². The van der Waals surface area contributed by atoms with E-state index in [9.17, 15) is 4.79 Å². The Balaban J connectivity index is 1.67. The van der Waals surface area contributed by atoms with E-state index in [2.05, 4.69) is 5.10 Å². The molecular formula is C21H22N2O3. The van der Waals surface area contributed by atoms with Gasteiger partial charge in [0.2, 0.25) is 0 Å². The Morgan fingerprint density at radius 2 is 1.73 bits per heavy atom. The van der Waals surface area contributed by atoms with Crippen LogP contribution in [0.4, 0.5) is 0 Å². The molecule has 0 saturated heterocycles. The average molecular weight is 350 g/mol. The van der Waals surface area contributed by atoms with Crippen molar-refractivity contribution in [1.29, 1.82) is 0 Å². The molecule has 0 aliphatic heterocycles. The fraction of sp³-hybridized carbons (Fsp3) is 0.238. The second-order valence-corrected chi connectivity index (χ2v) is 6.03. The number of nitrogens with zero attached hydrogens (tertiary/aromatic N) is 2. The van der Waals surface area contributed by atoms with Crippen LogP contribution in [0.15, 0.2) is 54.6 Å². The van der Waals surface area contributed by atoms with Gasteiger partial charge in [-0.05, 0) is 43.7 Å². The Kier molecular flexibility index (Phi) is 5.37. The molecule has 0 unspecified atom stereocenters. The molecule has 134 valence electrons. The maximum atomic E-state index is 12.5. The number of benzene rings is 2. The van der Waals surface area contributed by atoms with Gasteiger partial charge in [-0.2, -0.15) is 5.10 Å². The summed E-state index contributed by atoms with van der Waals surface area (Å²) in [5, 5.41) is 4.49. The number of hydrogen-bond donors (Lipinski definition) is 0. The van der Waals surface area contributed by atoms with Crippen molar-refractivity contribution in [2.75, 3.05) is 13.7 Å². The zero-order valence-electron chi connectivity index (χ0n) is 15.2. The third-order valence-corrected chi connectivity index (χ3v) is 4.28. The first-order chi connectivity index (χ1) is 12.6. The topological polar surface area (TPSA) is 53.4 Å². The summed E-state index contributed by atoms with van der Waals surface area (Å²) in [5.74, 6) is 0.473. The van der Waals surface area contributed by atoms with Gasteiger partial charge in [0.15, 0.2) is 0 Å². The van der Waals surface area contributed by atoms with Crippen LogP contribution in [0.1, 0.15) is 27.3 Å². The van der Waals surface area contributed by atoms with Crippen molar-refractivity contribution in [3.8, 4) is 11.4 Å². The van der Waals surface area contributed by atoms with Gasteiger partial charge < -0.3 is 9.47 Å². The van der Waals surface area contributed by atoms with E-state index in [4.69, 9.17) is 9.47 Å². The van der Waals surface area contributed by atoms with E-state index in [-0.39, 0.29) is 5.97 Å². The van der Waals surface area contributed by atoms with Crippen molar-refractivity contribution < 1.29 is 14.3 Å². The predicted molar refractivity (Wildman–Crippen MR) is 100 cm³/mol. The summed E-state index contributed by atoms with van der Waals surface area (Å²) in [6, 6.07) is 17.5. The number of carbonyl (C=O) groups is 1. The highest BCUT2D eigenvalue weighted by atomic mass is 16.5. The highest BCUT2D eigenvalue weighted by Gasteiger charge is 2.20. The maximum absolute atomic E-state index is 12.5. The lowest BCUT2D eigenvalue weighted by atomic mass is 10.1. The number of hydrogen-bond acceptors (Lipinski definition) is 4. The number of para-hydroxylation sites is 1. The van der Waals surface area contributed by atoms with Crippen LogP contribution < -0.4 is 4.74 Å². The van der Waals surface area contributed by atoms with Gasteiger partial charge in [0.05, 0.1) is 30.8 Å². The van der Waals surface area contributed by atoms with Gasteiger partial charge in [0, 0.05) is 6.42 Å². The summed E-state index contributed by atoms with van der Waals surface area (Å²) in [6.07, 6.45) is 0.653. The number of rotatable bonds is 6. The molecule has 26 heavy (non-hydrogen) atoms. The Bertz CT molecular complexity index is 884. The van der Waals surface area contributed by atoms with Crippen LogP contribution >= 0.6 is 0 Å². The lowest BCUT2D eigenvalue weighted by Gasteiger charge is -2.07. The van der Waals surface area contributed by atoms with Gasteiger partial charge in [0.1, 0.15) is 11.3 Å². The van der Waals surface area contributed by atoms with E-state index in [0.717, 1.165) is 22.7 Å². The summed E-state index contributed by atoms with van der Waals surface area (Å²) in [5.41, 5.74) is 3.99. The summed E-state index contributed by atoms with van der Waals surface area (Å²) in [7, 11) is 1.64. The first-order valence-electron chi connectivity index (χ1n) is 8.52. The van der Waals surface area contributed by atoms with Crippen molar-refractivity contribution >= 4 is 5.97 Å². The van der Waals surface area contributed by atoms with Gasteiger partial charge in [-0.1, -0.05) is 30.3 Å². The maximum Gasteiger partial charge on any atom is 0.341 e. The summed E-state index contributed by atoms with van der Waals surface area (Å²) in [6.45, 7) is 4.03. The van der Waals surface area contributed by atoms with Crippen LogP contribution in [0.2, 0.25) is 0 Å². The Labute approximate surface area is 153 Å². The molecule has 0 radical (unpaired) electrons. The van der Waals surface area contributed by atoms with Crippen molar-refractivity contribution in [3.63, 3.8) is 0 Å². The van der Waals surface area contributed by atoms with E-state index in [1.807, 2.05) is 68.4 Å². The number of aromatic nitrogens is 2. The van der Waals surface area contributed by atoms with Crippen LogP contribution in [-0.2, 0) is 11.2 Å². The Morgan fingerprint density at radius 1 is 1.04 bits per heavy atom. The molecule has 0 atom stereocenters. The number of esters is 1. The van der Waals surface area contributed by atoms with Gasteiger partial charge >= 0.3 is 5.97 Å². The second kappa shape index (κ2) is 7.87. The first kappa shape index (κ1) is 17.7. The smallest absolute Gasteiger partial charge is 0.341 e. The molecule has 0 aliphatic carbocycles. The molecule has 1 heterocycles. The van der Waals surface area contributed by atoms with Crippen LogP contribution in [0, 0.1) is 13.8 Å². The minimum Gasteiger partial charge on any atom is -0.497 e. The fourth-order valence-corrected chi connectivity index (χ4v) is 2.88. The molecular weight excluding hydrogens is 328 g/mol. The summed E-state index contributed by atoms with van der Waals surface area (Å²) < 4.78 is 12.4. The number of aryl methyl sites for hydroxylation is 1. The minimum absolute atomic E-state index is 0.320. The molecule has 5 heteroatoms. The quantitative estimate of drug-likeness (QED) is 0.633. The fourth-order valence-electron chi connectivity index (χ4n) is 2.88. The summed E-state index contributed by atoms with van der Waals surface area (Å²) in [4.78, 5) is 12.5. The molecule has 2 aromatic carbocycles. The molecule has 1 aromatic heterocycles. The van der Waals surface area contributed by atoms with Crippen molar-refractivity contribution in [2.24, 2.45) is 0 Å². The molecule has 3 rings (SSSR count). The largest absolute Gasteiger partial charge is 0.497 e. The molecule has 0 aliphatic rings. The number of ether oxygens (including phenoxy) is 2. The second-order valence-electron chi connectivity index (χ2n) is 6.03. The third kappa shape index (κ3) is 3.77. The zero-order valence-corrected chi connectivity index (χ0v) is 15.2. The zero-order chi connectivity index (χ0) is 18.5. The minimum atomic E-state index is -0.337. The lowest BCUT2D eigenvalue weighted by molar-refractivity contribution is 0.0507. The van der Waals surface area contributed by atoms with Gasteiger partial charge in [-0.3, -0.25) is 0 Å². The molecule has 0 fully saturated rings. The first-order valence-corrected chi connectivity index (χ1v) is 8.52. The molecule has 0 bridgehead atoms. The van der Waals surface area contributed by atoms with Gasteiger partial charge in [0.25, 0.3) is 0 Å². The molecule has 0 spiro atoms. The van der Waals surface area contributed by atoms with Crippen LogP contribution in [-0.4, -0.2) is 29.5 Å². The highest BCUT2D eigenvalue weighted by Crippen LogP contribution is 2.19. The standard InChI is InChI=1S/C21H22N2O3/c1-15-20(16(2)23(22-15)18-7-5-4-6-8-18)21(24)26-14-13-17-9-11-19(25-3)12-10-17/h4-12H,13-14H2,1-3H3. The van der Waals surface area contributed by atoms with Crippen molar-refractivity contribution in [1.82, 2.24) is 9.78 Å². The van der Waals surface area contributed by atoms with Crippen molar-refractivity contribution in [2.45, 2.75) is 20.3 Å². The average Bonchev–Trinajstić information content (AvgIpc) is 2.97. The normalized spacial score (nSPS) is 10.6. The SMILES string of the molecule is COc1ccc(CCOC(=O)c2c(C)nn(-c3ccccc3)c2C)cc1. The van der Waals surface area contributed by atoms with Crippen LogP contribution in [0.3, 0.4) is 0 Å². The molecule has 5 nitrogen and oxygen atoms in total. The molecule has 0 saturated carbocycles. The predicted octanol–water partition coefficient (Wildman–Crippen LogP) is 3.90. The molecule has 0 amide bonds. The number of methoxy groups -OCH3 is 1. The molecule has 3 aromatic rings. The van der Waals surface area contributed by atoms with E-state index in [1.165, 1.54) is 0 Å². The van der Waals surface area contributed by atoms with Gasteiger partial charge in [-0.15, -0.1) is 0 Å². The van der Waals surface area contributed by atoms with E-state index in [1.54, 1.807) is 11.8 Å². The molecule has 0 N–H and O–H groups in total. The highest BCUT2D eigenvalue weighted by molar-refractivity contribution is 5.92. The monoisotopic (exact) mass is 350 g/mol.